The molecule has 0 amide bonds. The van der Waals surface area contributed by atoms with Crippen molar-refractivity contribution in [3.8, 4) is 5.75 Å². The Kier molecular flexibility index (Phi) is 5.71. The molecular weight excluding hydrogens is 324 g/mol. The maximum Gasteiger partial charge on any atom is 0.182 e. The fraction of sp³-hybridized carbons (Fsp3) is 0.364. The standard InChI is InChI=1S/C22H26N2O2/c1-16-7-12-20(17(2)14-16)21(25)15-24(22-6-4-5-13-23-22)18-8-10-19(26-3)11-9-18/h7-12,14H,4-6,13,15H2,1-3H3. The Labute approximate surface area is 155 Å². The molecule has 0 N–H and O–H groups in total. The summed E-state index contributed by atoms with van der Waals surface area (Å²) < 4.78 is 5.26. The van der Waals surface area contributed by atoms with Gasteiger partial charge in [0.05, 0.1) is 13.7 Å². The number of nitrogens with zero attached hydrogens (tertiary/aromatic N) is 2. The molecule has 4 nitrogen and oxygen atoms in total. The monoisotopic (exact) mass is 350 g/mol. The van der Waals surface area contributed by atoms with Crippen LogP contribution in [0.15, 0.2) is 47.5 Å². The highest BCUT2D eigenvalue weighted by atomic mass is 16.5. The average Bonchev–Trinajstić information content (AvgIpc) is 2.67. The largest absolute Gasteiger partial charge is 0.497 e. The van der Waals surface area contributed by atoms with Crippen molar-refractivity contribution in [1.29, 1.82) is 0 Å². The molecule has 0 atom stereocenters. The van der Waals surface area contributed by atoms with Crippen LogP contribution in [-0.4, -0.2) is 31.8 Å². The third-order valence-electron chi connectivity index (χ3n) is 4.78. The molecular formula is C22H26N2O2. The van der Waals surface area contributed by atoms with Crippen molar-refractivity contribution in [1.82, 2.24) is 0 Å². The van der Waals surface area contributed by atoms with Gasteiger partial charge in [0.2, 0.25) is 0 Å². The third-order valence-corrected chi connectivity index (χ3v) is 4.78. The number of hydrogen-bond donors (Lipinski definition) is 0. The number of carbonyl (C=O) groups excluding carboxylic acids is 1. The van der Waals surface area contributed by atoms with Gasteiger partial charge in [-0.25, -0.2) is 0 Å². The van der Waals surface area contributed by atoms with Gasteiger partial charge in [0.25, 0.3) is 0 Å². The van der Waals surface area contributed by atoms with Gasteiger partial charge in [-0.3, -0.25) is 9.79 Å². The zero-order valence-electron chi connectivity index (χ0n) is 15.8. The second-order valence-corrected chi connectivity index (χ2v) is 6.78. The van der Waals surface area contributed by atoms with E-state index in [4.69, 9.17) is 9.73 Å². The number of amidine groups is 1. The first-order valence-corrected chi connectivity index (χ1v) is 9.14. The van der Waals surface area contributed by atoms with E-state index in [0.29, 0.717) is 6.54 Å². The normalized spacial score (nSPS) is 13.9. The minimum absolute atomic E-state index is 0.117. The fourth-order valence-corrected chi connectivity index (χ4v) is 3.35. The SMILES string of the molecule is COc1ccc(N(CC(=O)c2ccc(C)cc2C)C2=NCCCC2)cc1. The van der Waals surface area contributed by atoms with Gasteiger partial charge in [-0.05, 0) is 56.5 Å². The van der Waals surface area contributed by atoms with Gasteiger partial charge in [-0.2, -0.15) is 0 Å². The van der Waals surface area contributed by atoms with E-state index in [1.807, 2.05) is 50.2 Å². The van der Waals surface area contributed by atoms with Crippen LogP contribution in [0.4, 0.5) is 5.69 Å². The van der Waals surface area contributed by atoms with Crippen LogP contribution in [0.3, 0.4) is 0 Å². The molecule has 0 saturated carbocycles. The predicted molar refractivity (Wildman–Crippen MR) is 107 cm³/mol. The molecule has 1 heterocycles. The van der Waals surface area contributed by atoms with E-state index in [0.717, 1.165) is 54.2 Å². The molecule has 2 aromatic rings. The van der Waals surface area contributed by atoms with Gasteiger partial charge in [-0.15, -0.1) is 0 Å². The quantitative estimate of drug-likeness (QED) is 0.741. The maximum atomic E-state index is 13.0. The minimum atomic E-state index is 0.117. The van der Waals surface area contributed by atoms with Crippen molar-refractivity contribution in [2.75, 3.05) is 25.1 Å². The second kappa shape index (κ2) is 8.17. The smallest absolute Gasteiger partial charge is 0.182 e. The highest BCUT2D eigenvalue weighted by molar-refractivity contribution is 6.07. The second-order valence-electron chi connectivity index (χ2n) is 6.78. The van der Waals surface area contributed by atoms with Crippen molar-refractivity contribution < 1.29 is 9.53 Å². The number of hydrogen-bond acceptors (Lipinski definition) is 4. The number of carbonyl (C=O) groups is 1. The van der Waals surface area contributed by atoms with Crippen LogP contribution in [-0.2, 0) is 0 Å². The van der Waals surface area contributed by atoms with Gasteiger partial charge in [0, 0.05) is 24.2 Å². The van der Waals surface area contributed by atoms with Crippen LogP contribution in [0, 0.1) is 13.8 Å². The molecule has 1 aliphatic rings. The number of benzene rings is 2. The summed E-state index contributed by atoms with van der Waals surface area (Å²) in [6.07, 6.45) is 3.14. The van der Waals surface area contributed by atoms with Gasteiger partial charge >= 0.3 is 0 Å². The molecule has 2 aromatic carbocycles. The zero-order chi connectivity index (χ0) is 18.5. The van der Waals surface area contributed by atoms with Gasteiger partial charge in [0.1, 0.15) is 11.6 Å². The van der Waals surface area contributed by atoms with Crippen LogP contribution in [0.5, 0.6) is 5.75 Å². The molecule has 3 rings (SSSR count). The molecule has 0 saturated heterocycles. The molecule has 1 aliphatic heterocycles. The first kappa shape index (κ1) is 18.2. The molecule has 0 unspecified atom stereocenters. The Morgan fingerprint density at radius 3 is 2.50 bits per heavy atom. The van der Waals surface area contributed by atoms with Gasteiger partial charge in [-0.1, -0.05) is 23.8 Å². The van der Waals surface area contributed by atoms with Crippen molar-refractivity contribution in [2.45, 2.75) is 33.1 Å². The number of ketones is 1. The van der Waals surface area contributed by atoms with Crippen molar-refractivity contribution in [3.63, 3.8) is 0 Å². The summed E-state index contributed by atoms with van der Waals surface area (Å²) in [5.41, 5.74) is 3.95. The van der Waals surface area contributed by atoms with Crippen LogP contribution >= 0.6 is 0 Å². The van der Waals surface area contributed by atoms with E-state index in [1.165, 1.54) is 5.56 Å². The van der Waals surface area contributed by atoms with Crippen LogP contribution < -0.4 is 9.64 Å². The van der Waals surface area contributed by atoms with Crippen molar-refractivity contribution >= 4 is 17.3 Å². The number of aryl methyl sites for hydroxylation is 2. The van der Waals surface area contributed by atoms with Crippen molar-refractivity contribution in [2.24, 2.45) is 4.99 Å². The van der Waals surface area contributed by atoms with E-state index < -0.39 is 0 Å². The van der Waals surface area contributed by atoms with Crippen LogP contribution in [0.2, 0.25) is 0 Å². The Morgan fingerprint density at radius 1 is 1.12 bits per heavy atom. The van der Waals surface area contributed by atoms with Crippen molar-refractivity contribution in [3.05, 3.63) is 59.2 Å². The Morgan fingerprint density at radius 2 is 1.88 bits per heavy atom. The van der Waals surface area contributed by atoms with E-state index in [2.05, 4.69) is 11.0 Å². The van der Waals surface area contributed by atoms with E-state index in [9.17, 15) is 4.79 Å². The van der Waals surface area contributed by atoms with Gasteiger partial charge in [0.15, 0.2) is 5.78 Å². The topological polar surface area (TPSA) is 41.9 Å². The molecule has 26 heavy (non-hydrogen) atoms. The Hall–Kier alpha value is -2.62. The molecule has 0 fully saturated rings. The molecule has 0 aromatic heterocycles. The number of methoxy groups -OCH3 is 1. The van der Waals surface area contributed by atoms with E-state index in [1.54, 1.807) is 7.11 Å². The first-order valence-electron chi connectivity index (χ1n) is 9.14. The number of Topliss-reactive ketones (excluding diaryl/α,β-unsaturated/α-hetero) is 1. The maximum absolute atomic E-state index is 13.0. The average molecular weight is 350 g/mol. The van der Waals surface area contributed by atoms with Crippen LogP contribution in [0.1, 0.15) is 40.7 Å². The van der Waals surface area contributed by atoms with E-state index in [-0.39, 0.29) is 5.78 Å². The molecule has 0 bridgehead atoms. The number of aliphatic imine (C=N–C) groups is 1. The summed E-state index contributed by atoms with van der Waals surface area (Å²) in [6, 6.07) is 13.8. The lowest BCUT2D eigenvalue weighted by atomic mass is 10.0. The lowest BCUT2D eigenvalue weighted by Gasteiger charge is -2.28. The summed E-state index contributed by atoms with van der Waals surface area (Å²) in [7, 11) is 1.65. The molecule has 0 aliphatic carbocycles. The predicted octanol–water partition coefficient (Wildman–Crippen LogP) is 4.58. The minimum Gasteiger partial charge on any atom is -0.497 e. The highest BCUT2D eigenvalue weighted by Gasteiger charge is 2.20. The summed E-state index contributed by atoms with van der Waals surface area (Å²) in [6.45, 7) is 5.17. The molecule has 4 heteroatoms. The molecule has 0 spiro atoms. The van der Waals surface area contributed by atoms with Crippen LogP contribution in [0.25, 0.3) is 0 Å². The van der Waals surface area contributed by atoms with E-state index >= 15 is 0 Å². The fourth-order valence-electron chi connectivity index (χ4n) is 3.35. The third kappa shape index (κ3) is 4.13. The molecule has 0 radical (unpaired) electrons. The zero-order valence-corrected chi connectivity index (χ0v) is 15.8. The summed E-state index contributed by atoms with van der Waals surface area (Å²) in [5, 5.41) is 0. The Balaban J connectivity index is 1.89. The number of rotatable bonds is 5. The Bertz CT molecular complexity index is 809. The lowest BCUT2D eigenvalue weighted by Crippen LogP contribution is -2.37. The number of ether oxygens (including phenoxy) is 1. The lowest BCUT2D eigenvalue weighted by molar-refractivity contribution is 0.100. The summed E-state index contributed by atoms with van der Waals surface area (Å²) in [4.78, 5) is 19.8. The number of anilines is 1. The summed E-state index contributed by atoms with van der Waals surface area (Å²) >= 11 is 0. The highest BCUT2D eigenvalue weighted by Crippen LogP contribution is 2.23. The van der Waals surface area contributed by atoms with Gasteiger partial charge < -0.3 is 9.64 Å². The summed E-state index contributed by atoms with van der Waals surface area (Å²) in [5.74, 6) is 1.92. The molecule has 136 valence electrons. The first-order chi connectivity index (χ1) is 12.6.